The van der Waals surface area contributed by atoms with E-state index in [-0.39, 0.29) is 5.78 Å². The van der Waals surface area contributed by atoms with Gasteiger partial charge in [-0.2, -0.15) is 0 Å². The molecule has 0 radical (unpaired) electrons. The summed E-state index contributed by atoms with van der Waals surface area (Å²) in [5.41, 5.74) is 0.752. The molecule has 1 aliphatic carbocycles. The van der Waals surface area contributed by atoms with Crippen molar-refractivity contribution in [2.45, 2.75) is 38.4 Å². The Balaban J connectivity index is 2.93. The predicted molar refractivity (Wildman–Crippen MR) is 60.2 cm³/mol. The number of ketones is 1. The van der Waals surface area contributed by atoms with Gasteiger partial charge in [0.1, 0.15) is 0 Å². The number of methoxy groups -OCH3 is 2. The maximum Gasteiger partial charge on any atom is 0.164 e. The quantitative estimate of drug-likeness (QED) is 0.734. The highest BCUT2D eigenvalue weighted by Gasteiger charge is 2.39. The molecule has 1 rings (SSSR count). The summed E-state index contributed by atoms with van der Waals surface area (Å²) in [4.78, 5) is 11.9. The van der Waals surface area contributed by atoms with Crippen molar-refractivity contribution < 1.29 is 19.4 Å². The molecule has 1 N–H and O–H groups in total. The van der Waals surface area contributed by atoms with E-state index in [2.05, 4.69) is 0 Å². The molecule has 1 fully saturated rings. The first-order valence-electron chi connectivity index (χ1n) is 5.38. The second kappa shape index (κ2) is 5.08. The van der Waals surface area contributed by atoms with Crippen molar-refractivity contribution >= 4 is 5.78 Å². The molecule has 4 nitrogen and oxygen atoms in total. The van der Waals surface area contributed by atoms with Crippen LogP contribution in [0.15, 0.2) is 11.1 Å². The van der Waals surface area contributed by atoms with Crippen LogP contribution in [0, 0.1) is 0 Å². The summed E-state index contributed by atoms with van der Waals surface area (Å²) in [6.07, 6.45) is 0.0177. The first-order chi connectivity index (χ1) is 7.43. The van der Waals surface area contributed by atoms with E-state index in [0.29, 0.717) is 25.0 Å². The summed E-state index contributed by atoms with van der Waals surface area (Å²) in [6.45, 7) is 4.04. The first kappa shape index (κ1) is 13.4. The minimum atomic E-state index is -0.749. The number of Topliss-reactive ketones (excluding diaryl/α,β-unsaturated/α-hetero) is 1. The maximum absolute atomic E-state index is 11.9. The second-order valence-corrected chi connectivity index (χ2v) is 4.60. The topological polar surface area (TPSA) is 55.8 Å². The van der Waals surface area contributed by atoms with Crippen molar-refractivity contribution in [3.8, 4) is 0 Å². The van der Waals surface area contributed by atoms with Crippen LogP contribution in [-0.4, -0.2) is 43.4 Å². The van der Waals surface area contributed by atoms with Crippen LogP contribution >= 0.6 is 0 Å². The Morgan fingerprint density at radius 2 is 2.19 bits per heavy atom. The number of rotatable bonds is 3. The van der Waals surface area contributed by atoms with Crippen molar-refractivity contribution in [2.24, 2.45) is 0 Å². The molecule has 0 saturated heterocycles. The van der Waals surface area contributed by atoms with E-state index in [0.717, 1.165) is 5.57 Å². The molecule has 2 unspecified atom stereocenters. The molecule has 16 heavy (non-hydrogen) atoms. The fraction of sp³-hybridized carbons (Fsp3) is 0.750. The first-order valence-corrected chi connectivity index (χ1v) is 5.38. The smallest absolute Gasteiger partial charge is 0.164 e. The molecular weight excluding hydrogens is 208 g/mol. The molecule has 0 aromatic carbocycles. The van der Waals surface area contributed by atoms with E-state index >= 15 is 0 Å². The highest BCUT2D eigenvalue weighted by atomic mass is 16.5. The SMILES string of the molecule is COC/C(C)=C1/C(=O)CC(C)(OC)CC1O. The van der Waals surface area contributed by atoms with E-state index in [1.807, 2.05) is 13.8 Å². The molecule has 0 spiro atoms. The van der Waals surface area contributed by atoms with Crippen LogP contribution in [0.4, 0.5) is 0 Å². The number of carbonyl (C=O) groups is 1. The minimum Gasteiger partial charge on any atom is -0.388 e. The standard InChI is InChI=1S/C12H20O4/c1-8(7-15-3)11-9(13)5-12(2,16-4)6-10(11)14/h9,13H,5-7H2,1-4H3/b11-8+. The van der Waals surface area contributed by atoms with Crippen molar-refractivity contribution in [3.63, 3.8) is 0 Å². The minimum absolute atomic E-state index is 0.0438. The molecule has 0 aliphatic heterocycles. The Labute approximate surface area is 96.2 Å². The average molecular weight is 228 g/mol. The van der Waals surface area contributed by atoms with E-state index in [1.54, 1.807) is 14.2 Å². The van der Waals surface area contributed by atoms with Crippen LogP contribution in [0.25, 0.3) is 0 Å². The van der Waals surface area contributed by atoms with Gasteiger partial charge in [-0.15, -0.1) is 0 Å². The van der Waals surface area contributed by atoms with Crippen molar-refractivity contribution in [2.75, 3.05) is 20.8 Å². The summed E-state index contributed by atoms with van der Waals surface area (Å²) in [5.74, 6) is -0.0438. The number of hydrogen-bond acceptors (Lipinski definition) is 4. The molecule has 2 atom stereocenters. The third-order valence-corrected chi connectivity index (χ3v) is 3.11. The third-order valence-electron chi connectivity index (χ3n) is 3.11. The normalized spacial score (nSPS) is 34.1. The summed E-state index contributed by atoms with van der Waals surface area (Å²) in [5, 5.41) is 9.99. The van der Waals surface area contributed by atoms with Gasteiger partial charge in [-0.3, -0.25) is 4.79 Å². The lowest BCUT2D eigenvalue weighted by atomic mass is 9.78. The van der Waals surface area contributed by atoms with Crippen molar-refractivity contribution in [1.82, 2.24) is 0 Å². The van der Waals surface area contributed by atoms with Crippen LogP contribution in [0.1, 0.15) is 26.7 Å². The molecule has 1 saturated carbocycles. The molecule has 1 aliphatic rings. The highest BCUT2D eigenvalue weighted by Crippen LogP contribution is 2.33. The molecule has 92 valence electrons. The van der Waals surface area contributed by atoms with Crippen molar-refractivity contribution in [3.05, 3.63) is 11.1 Å². The molecular formula is C12H20O4. The molecule has 0 amide bonds. The maximum atomic E-state index is 11.9. The second-order valence-electron chi connectivity index (χ2n) is 4.60. The Hall–Kier alpha value is -0.710. The van der Waals surface area contributed by atoms with Crippen LogP contribution in [0.3, 0.4) is 0 Å². The monoisotopic (exact) mass is 228 g/mol. The third kappa shape index (κ3) is 2.70. The molecule has 0 bridgehead atoms. The van der Waals surface area contributed by atoms with Crippen molar-refractivity contribution in [1.29, 1.82) is 0 Å². The number of carbonyl (C=O) groups excluding carboxylic acids is 1. The number of aliphatic hydroxyl groups is 1. The Morgan fingerprint density at radius 1 is 1.56 bits per heavy atom. The van der Waals surface area contributed by atoms with Gasteiger partial charge in [-0.1, -0.05) is 0 Å². The summed E-state index contributed by atoms with van der Waals surface area (Å²) < 4.78 is 10.3. The Morgan fingerprint density at radius 3 is 2.62 bits per heavy atom. The van der Waals surface area contributed by atoms with Crippen LogP contribution < -0.4 is 0 Å². The molecule has 0 aromatic rings. The zero-order valence-corrected chi connectivity index (χ0v) is 10.4. The zero-order chi connectivity index (χ0) is 12.3. The average Bonchev–Trinajstić information content (AvgIpc) is 2.16. The van der Waals surface area contributed by atoms with Gasteiger partial charge >= 0.3 is 0 Å². The van der Waals surface area contributed by atoms with E-state index in [1.165, 1.54) is 0 Å². The highest BCUT2D eigenvalue weighted by molar-refractivity contribution is 5.98. The number of ether oxygens (including phenoxy) is 2. The van der Waals surface area contributed by atoms with Gasteiger partial charge in [-0.25, -0.2) is 0 Å². The Kier molecular flexibility index (Phi) is 4.24. The predicted octanol–water partition coefficient (Wildman–Crippen LogP) is 1.08. The lowest BCUT2D eigenvalue weighted by Crippen LogP contribution is -2.43. The lowest BCUT2D eigenvalue weighted by molar-refractivity contribution is -0.128. The van der Waals surface area contributed by atoms with Crippen LogP contribution in [0.5, 0.6) is 0 Å². The fourth-order valence-corrected chi connectivity index (χ4v) is 2.18. The summed E-state index contributed by atoms with van der Waals surface area (Å²) in [6, 6.07) is 0. The Bertz CT molecular complexity index is 308. The molecule has 0 heterocycles. The van der Waals surface area contributed by atoms with Gasteiger partial charge < -0.3 is 14.6 Å². The largest absolute Gasteiger partial charge is 0.388 e. The molecule has 4 heteroatoms. The van der Waals surface area contributed by atoms with Gasteiger partial charge in [0, 0.05) is 32.6 Å². The van der Waals surface area contributed by atoms with Crippen LogP contribution in [0.2, 0.25) is 0 Å². The fourth-order valence-electron chi connectivity index (χ4n) is 2.18. The summed E-state index contributed by atoms with van der Waals surface area (Å²) >= 11 is 0. The van der Waals surface area contributed by atoms with Gasteiger partial charge in [0.05, 0.1) is 18.3 Å². The lowest BCUT2D eigenvalue weighted by Gasteiger charge is -2.36. The summed E-state index contributed by atoms with van der Waals surface area (Å²) in [7, 11) is 3.14. The zero-order valence-electron chi connectivity index (χ0n) is 10.4. The number of aliphatic hydroxyl groups excluding tert-OH is 1. The number of hydrogen-bond donors (Lipinski definition) is 1. The molecule has 0 aromatic heterocycles. The van der Waals surface area contributed by atoms with Crippen LogP contribution in [-0.2, 0) is 14.3 Å². The van der Waals surface area contributed by atoms with Gasteiger partial charge in [0.2, 0.25) is 0 Å². The van der Waals surface area contributed by atoms with E-state index < -0.39 is 11.7 Å². The van der Waals surface area contributed by atoms with E-state index in [4.69, 9.17) is 9.47 Å². The van der Waals surface area contributed by atoms with E-state index in [9.17, 15) is 9.90 Å². The van der Waals surface area contributed by atoms with Gasteiger partial charge in [0.15, 0.2) is 5.78 Å². The van der Waals surface area contributed by atoms with Gasteiger partial charge in [0.25, 0.3) is 0 Å². The van der Waals surface area contributed by atoms with Gasteiger partial charge in [-0.05, 0) is 19.4 Å².